The zero-order chi connectivity index (χ0) is 24.2. The number of ether oxygens (including phenoxy) is 1. The van der Waals surface area contributed by atoms with Crippen LogP contribution < -0.4 is 0 Å². The van der Waals surface area contributed by atoms with Crippen LogP contribution in [0.3, 0.4) is 0 Å². The molecule has 4 aromatic rings. The van der Waals surface area contributed by atoms with Crippen LogP contribution in [-0.4, -0.2) is 46.7 Å². The number of halogens is 2. The highest BCUT2D eigenvalue weighted by Crippen LogP contribution is 2.53. The molecular weight excluding hydrogens is 468 g/mol. The van der Waals surface area contributed by atoms with E-state index in [0.29, 0.717) is 22.7 Å². The number of aromatic nitrogens is 2. The number of carbonyl (C=O) groups excluding carboxylic acids is 1. The first-order valence-electron chi connectivity index (χ1n) is 11.5. The number of methoxy groups -OCH3 is 1. The second kappa shape index (κ2) is 8.17. The first-order chi connectivity index (χ1) is 16.9. The zero-order valence-electron chi connectivity index (χ0n) is 19.1. The van der Waals surface area contributed by atoms with Crippen molar-refractivity contribution in [2.45, 2.75) is 30.5 Å². The molecule has 1 aliphatic heterocycles. The molecule has 35 heavy (non-hydrogen) atoms. The molecule has 0 unspecified atom stereocenters. The molecule has 8 heteroatoms. The molecule has 2 aromatic carbocycles. The Morgan fingerprint density at radius 1 is 1.09 bits per heavy atom. The number of carbonyl (C=O) groups is 1. The number of rotatable bonds is 6. The summed E-state index contributed by atoms with van der Waals surface area (Å²) < 4.78 is 33.9. The molecule has 2 aliphatic rings. The van der Waals surface area contributed by atoms with Crippen molar-refractivity contribution in [2.75, 3.05) is 20.2 Å². The molecular formula is C27H23F2N3O2S. The monoisotopic (exact) mass is 491 g/mol. The van der Waals surface area contributed by atoms with Gasteiger partial charge in [0.25, 0.3) is 0 Å². The molecule has 0 N–H and O–H groups in total. The number of fused-ring (bicyclic) bond motifs is 1. The fraction of sp³-hybridized carbons (Fsp3) is 0.296. The second-order valence-corrected chi connectivity index (χ2v) is 10.4. The first-order valence-corrected chi connectivity index (χ1v) is 12.3. The number of likely N-dealkylation sites (tertiary alicyclic amines) is 1. The lowest BCUT2D eigenvalue weighted by molar-refractivity contribution is -0.168. The maximum atomic E-state index is 15.1. The highest BCUT2D eigenvalue weighted by molar-refractivity contribution is 7.21. The van der Waals surface area contributed by atoms with Crippen LogP contribution in [0.1, 0.15) is 29.7 Å². The van der Waals surface area contributed by atoms with Crippen molar-refractivity contribution >= 4 is 27.7 Å². The fourth-order valence-electron chi connectivity index (χ4n) is 4.95. The number of alkyl halides is 1. The third-order valence-electron chi connectivity index (χ3n) is 6.99. The number of thiazole rings is 1. The van der Waals surface area contributed by atoms with Crippen LogP contribution in [-0.2, 0) is 21.5 Å². The number of esters is 1. The number of hydrogen-bond donors (Lipinski definition) is 0. The molecule has 0 spiro atoms. The van der Waals surface area contributed by atoms with Crippen LogP contribution in [0.25, 0.3) is 20.9 Å². The topological polar surface area (TPSA) is 55.3 Å². The summed E-state index contributed by atoms with van der Waals surface area (Å²) in [5.74, 6) is -1.25. The predicted molar refractivity (Wildman–Crippen MR) is 130 cm³/mol. The average molecular weight is 492 g/mol. The van der Waals surface area contributed by atoms with Gasteiger partial charge in [-0.05, 0) is 48.2 Å². The van der Waals surface area contributed by atoms with Crippen LogP contribution in [0.5, 0.6) is 0 Å². The minimum atomic E-state index is -1.97. The number of benzene rings is 2. The Labute approximate surface area is 205 Å². The van der Waals surface area contributed by atoms with Gasteiger partial charge in [0.05, 0.1) is 12.8 Å². The van der Waals surface area contributed by atoms with Crippen molar-refractivity contribution < 1.29 is 18.3 Å². The van der Waals surface area contributed by atoms with Crippen molar-refractivity contribution in [2.24, 2.45) is 0 Å². The Kier molecular flexibility index (Phi) is 5.19. The van der Waals surface area contributed by atoms with Crippen molar-refractivity contribution in [3.8, 4) is 10.6 Å². The molecule has 178 valence electrons. The average Bonchev–Trinajstić information content (AvgIpc) is 3.56. The fourth-order valence-corrected chi connectivity index (χ4v) is 5.91. The molecule has 6 rings (SSSR count). The normalized spacial score (nSPS) is 18.3. The van der Waals surface area contributed by atoms with Crippen LogP contribution >= 0.6 is 11.3 Å². The first kappa shape index (κ1) is 22.2. The minimum Gasteiger partial charge on any atom is -0.467 e. The third-order valence-corrected chi connectivity index (χ3v) is 7.99. The van der Waals surface area contributed by atoms with Gasteiger partial charge >= 0.3 is 5.97 Å². The van der Waals surface area contributed by atoms with Crippen LogP contribution in [0.15, 0.2) is 60.7 Å². The van der Waals surface area contributed by atoms with Crippen molar-refractivity contribution in [1.82, 2.24) is 14.9 Å². The largest absolute Gasteiger partial charge is 0.467 e. The summed E-state index contributed by atoms with van der Waals surface area (Å²) in [6, 6.07) is 19.4. The van der Waals surface area contributed by atoms with E-state index in [0.717, 1.165) is 28.9 Å². The Morgan fingerprint density at radius 2 is 1.86 bits per heavy atom. The van der Waals surface area contributed by atoms with E-state index in [4.69, 9.17) is 4.98 Å². The van der Waals surface area contributed by atoms with Gasteiger partial charge in [0.2, 0.25) is 5.67 Å². The summed E-state index contributed by atoms with van der Waals surface area (Å²) in [5, 5.41) is 0.579. The number of pyridine rings is 1. The second-order valence-electron chi connectivity index (χ2n) is 9.40. The Hall–Kier alpha value is -3.23. The molecule has 3 heterocycles. The van der Waals surface area contributed by atoms with E-state index >= 15 is 4.39 Å². The van der Waals surface area contributed by atoms with Crippen molar-refractivity contribution in [1.29, 1.82) is 0 Å². The molecule has 1 saturated carbocycles. The van der Waals surface area contributed by atoms with E-state index in [2.05, 4.69) is 34.0 Å². The van der Waals surface area contributed by atoms with Gasteiger partial charge < -0.3 is 4.74 Å². The van der Waals surface area contributed by atoms with Gasteiger partial charge in [-0.2, -0.15) is 0 Å². The van der Waals surface area contributed by atoms with Crippen molar-refractivity contribution in [3.63, 3.8) is 0 Å². The van der Waals surface area contributed by atoms with E-state index in [-0.39, 0.29) is 24.3 Å². The highest BCUT2D eigenvalue weighted by Gasteiger charge is 2.51. The van der Waals surface area contributed by atoms with Gasteiger partial charge in [-0.3, -0.25) is 4.90 Å². The summed E-state index contributed by atoms with van der Waals surface area (Å²) in [6.07, 6.45) is 2.13. The minimum absolute atomic E-state index is 0.0333. The molecule has 2 aromatic heterocycles. The summed E-state index contributed by atoms with van der Waals surface area (Å²) >= 11 is 1.39. The molecule has 0 atom stereocenters. The van der Waals surface area contributed by atoms with Gasteiger partial charge in [0.1, 0.15) is 21.2 Å². The van der Waals surface area contributed by atoms with Gasteiger partial charge in [-0.25, -0.2) is 23.5 Å². The van der Waals surface area contributed by atoms with Gasteiger partial charge in [0, 0.05) is 30.6 Å². The molecule has 2 fully saturated rings. The lowest BCUT2D eigenvalue weighted by Gasteiger charge is -2.42. The summed E-state index contributed by atoms with van der Waals surface area (Å²) in [5.41, 5.74) is 2.18. The molecule has 0 bridgehead atoms. The molecule has 5 nitrogen and oxygen atoms in total. The number of nitrogens with zero attached hydrogens (tertiary/aromatic N) is 3. The lowest BCUT2D eigenvalue weighted by Crippen LogP contribution is -2.63. The molecule has 1 saturated heterocycles. The van der Waals surface area contributed by atoms with E-state index in [1.807, 2.05) is 24.3 Å². The Morgan fingerprint density at radius 3 is 2.54 bits per heavy atom. The molecule has 1 aliphatic carbocycles. The number of hydrogen-bond acceptors (Lipinski definition) is 6. The maximum Gasteiger partial charge on any atom is 0.346 e. The summed E-state index contributed by atoms with van der Waals surface area (Å²) in [6.45, 7) is 0.241. The predicted octanol–water partition coefficient (Wildman–Crippen LogP) is 5.27. The van der Waals surface area contributed by atoms with Crippen molar-refractivity contribution in [3.05, 3.63) is 83.3 Å². The smallest absolute Gasteiger partial charge is 0.346 e. The maximum absolute atomic E-state index is 15.1. The summed E-state index contributed by atoms with van der Waals surface area (Å²) in [4.78, 5) is 23.6. The lowest BCUT2D eigenvalue weighted by atomic mass is 9.92. The molecule has 0 amide bonds. The van der Waals surface area contributed by atoms with Gasteiger partial charge in [-0.15, -0.1) is 0 Å². The quantitative estimate of drug-likeness (QED) is 0.344. The standard InChI is InChI=1S/C27H23F2N3O2S/c1-34-25(33)27(29)15-32(16-27)14-17-7-8-19(20(28)13-17)23-30-21-9-10-22(31-24(21)35-23)26(11-12-26)18-5-3-2-4-6-18/h2-10,13H,11-12,14-16H2,1H3. The van der Waals surface area contributed by atoms with Crippen LogP contribution in [0.2, 0.25) is 0 Å². The van der Waals surface area contributed by atoms with Gasteiger partial charge in [-0.1, -0.05) is 47.7 Å². The molecule has 0 radical (unpaired) electrons. The third kappa shape index (κ3) is 3.81. The highest BCUT2D eigenvalue weighted by atomic mass is 32.1. The Bertz CT molecular complexity index is 1430. The SMILES string of the molecule is COC(=O)C1(F)CN(Cc2ccc(-c3nc4ccc(C5(c6ccccc6)CC5)nc4s3)c(F)c2)C1. The summed E-state index contributed by atoms with van der Waals surface area (Å²) in [7, 11) is 1.17. The van der Waals surface area contributed by atoms with E-state index < -0.39 is 11.6 Å². The van der Waals surface area contributed by atoms with E-state index in [1.165, 1.54) is 30.1 Å². The van der Waals surface area contributed by atoms with Gasteiger partial charge in [0.15, 0.2) is 0 Å². The van der Waals surface area contributed by atoms with Crippen LogP contribution in [0, 0.1) is 5.82 Å². The Balaban J connectivity index is 1.22. The van der Waals surface area contributed by atoms with E-state index in [9.17, 15) is 9.18 Å². The van der Waals surface area contributed by atoms with E-state index in [1.54, 1.807) is 11.0 Å². The van der Waals surface area contributed by atoms with Crippen LogP contribution in [0.4, 0.5) is 8.78 Å². The zero-order valence-corrected chi connectivity index (χ0v) is 19.9.